The maximum Gasteiger partial charge on any atom is 0.184 e. The van der Waals surface area contributed by atoms with Crippen LogP contribution < -0.4 is 0 Å². The largest absolute Gasteiger partial charge is 0.770 e. The first-order valence-corrected chi connectivity index (χ1v) is 7.63. The highest BCUT2D eigenvalue weighted by atomic mass is 32.2. The zero-order valence-corrected chi connectivity index (χ0v) is 11.7. The van der Waals surface area contributed by atoms with Crippen molar-refractivity contribution in [2.24, 2.45) is 0 Å². The highest BCUT2D eigenvalue weighted by molar-refractivity contribution is 7.79. The second-order valence-electron chi connectivity index (χ2n) is 4.96. The van der Waals surface area contributed by atoms with Crippen molar-refractivity contribution in [1.29, 1.82) is 0 Å². The Morgan fingerprint density at radius 1 is 1.14 bits per heavy atom. The maximum atomic E-state index is 11.0. The smallest absolute Gasteiger partial charge is 0.184 e. The van der Waals surface area contributed by atoms with E-state index in [0.29, 0.717) is 0 Å². The van der Waals surface area contributed by atoms with Crippen LogP contribution >= 0.6 is 0 Å². The van der Waals surface area contributed by atoms with Gasteiger partial charge in [0, 0.05) is 5.56 Å². The van der Waals surface area contributed by atoms with Crippen LogP contribution in [0.4, 0.5) is 0 Å². The molecule has 3 rings (SSSR count). The molecule has 1 unspecified atom stereocenters. The first-order chi connectivity index (χ1) is 10.1. The number of benzene rings is 1. The van der Waals surface area contributed by atoms with E-state index >= 15 is 0 Å². The van der Waals surface area contributed by atoms with E-state index in [4.69, 9.17) is 14.2 Å². The minimum absolute atomic E-state index is 0.0711. The fourth-order valence-electron chi connectivity index (χ4n) is 2.52. The number of hydrogen-bond donors (Lipinski definition) is 2. The van der Waals surface area contributed by atoms with Gasteiger partial charge in [-0.15, -0.1) is 0 Å². The Labute approximate surface area is 123 Å². The molecule has 2 fully saturated rings. The van der Waals surface area contributed by atoms with Crippen molar-refractivity contribution in [3.8, 4) is 0 Å². The van der Waals surface area contributed by atoms with E-state index < -0.39 is 47.2 Å². The summed E-state index contributed by atoms with van der Waals surface area (Å²) in [4.78, 5) is 0. The van der Waals surface area contributed by atoms with Gasteiger partial charge in [-0.25, -0.2) is 0 Å². The minimum Gasteiger partial charge on any atom is -0.770 e. The van der Waals surface area contributed by atoms with Crippen LogP contribution in [0.15, 0.2) is 30.3 Å². The first kappa shape index (κ1) is 15.0. The molecule has 0 aliphatic carbocycles. The summed E-state index contributed by atoms with van der Waals surface area (Å²) in [5, 5.41) is 19.9. The molecule has 116 valence electrons. The van der Waals surface area contributed by atoms with Gasteiger partial charge in [-0.1, -0.05) is 30.3 Å². The van der Waals surface area contributed by atoms with Gasteiger partial charge in [-0.3, -0.25) is 4.21 Å². The summed E-state index contributed by atoms with van der Waals surface area (Å²) in [6.07, 6.45) is -5.20. The van der Waals surface area contributed by atoms with E-state index in [0.717, 1.165) is 5.56 Å². The van der Waals surface area contributed by atoms with Gasteiger partial charge in [0.1, 0.15) is 29.9 Å². The van der Waals surface area contributed by atoms with Gasteiger partial charge >= 0.3 is 0 Å². The monoisotopic (exact) mass is 315 g/mol. The van der Waals surface area contributed by atoms with Crippen molar-refractivity contribution >= 4 is 11.1 Å². The molecular weight excluding hydrogens is 300 g/mol. The molecule has 2 aliphatic heterocycles. The second-order valence-corrected chi connectivity index (χ2v) is 5.95. The van der Waals surface area contributed by atoms with Crippen molar-refractivity contribution in [3.63, 3.8) is 0 Å². The fraction of sp³-hybridized carbons (Fsp3) is 0.538. The number of rotatable bonds is 2. The van der Waals surface area contributed by atoms with E-state index in [1.807, 2.05) is 30.3 Å². The minimum atomic E-state index is -2.66. The molecule has 0 saturated carbocycles. The van der Waals surface area contributed by atoms with Crippen LogP contribution in [-0.4, -0.2) is 55.4 Å². The third-order valence-corrected chi connectivity index (χ3v) is 4.36. The Bertz CT molecular complexity index is 509. The Balaban J connectivity index is 1.76. The van der Waals surface area contributed by atoms with Gasteiger partial charge in [0.2, 0.25) is 0 Å². The van der Waals surface area contributed by atoms with E-state index in [9.17, 15) is 19.0 Å². The number of ether oxygens (including phenoxy) is 3. The molecule has 2 aliphatic rings. The summed E-state index contributed by atoms with van der Waals surface area (Å²) in [5.41, 5.74) is -0.714. The summed E-state index contributed by atoms with van der Waals surface area (Å²) in [6, 6.07) is 9.13. The lowest BCUT2D eigenvalue weighted by molar-refractivity contribution is -0.319. The summed E-state index contributed by atoms with van der Waals surface area (Å²) in [5.74, 6) is 0. The zero-order chi connectivity index (χ0) is 15.0. The molecule has 2 heterocycles. The normalized spacial score (nSPS) is 41.3. The van der Waals surface area contributed by atoms with Crippen molar-refractivity contribution < 1.29 is 33.2 Å². The van der Waals surface area contributed by atoms with Gasteiger partial charge in [0.25, 0.3) is 0 Å². The lowest BCUT2D eigenvalue weighted by atomic mass is 9.99. The molecule has 2 N–H and O–H groups in total. The second kappa shape index (κ2) is 6.09. The zero-order valence-electron chi connectivity index (χ0n) is 10.9. The molecule has 7 atom stereocenters. The van der Waals surface area contributed by atoms with Gasteiger partial charge < -0.3 is 29.0 Å². The summed E-state index contributed by atoms with van der Waals surface area (Å²) in [6.45, 7) is 0.0711. The first-order valence-electron chi connectivity index (χ1n) is 6.49. The van der Waals surface area contributed by atoms with Crippen molar-refractivity contribution in [2.75, 3.05) is 6.61 Å². The van der Waals surface area contributed by atoms with Crippen molar-refractivity contribution in [2.45, 2.75) is 36.1 Å². The lowest BCUT2D eigenvalue weighted by Crippen LogP contribution is -2.62. The average Bonchev–Trinajstić information content (AvgIpc) is 2.51. The molecule has 0 amide bonds. The summed E-state index contributed by atoms with van der Waals surface area (Å²) < 4.78 is 38.4. The topological polar surface area (TPSA) is 108 Å². The van der Waals surface area contributed by atoms with Gasteiger partial charge in [0.05, 0.1) is 6.61 Å². The molecule has 0 radical (unpaired) electrons. The predicted molar refractivity (Wildman–Crippen MR) is 69.6 cm³/mol. The van der Waals surface area contributed by atoms with E-state index in [1.165, 1.54) is 0 Å². The molecule has 2 saturated heterocycles. The number of fused-ring (bicyclic) bond motifs is 1. The van der Waals surface area contributed by atoms with Gasteiger partial charge in [-0.2, -0.15) is 0 Å². The maximum absolute atomic E-state index is 11.0. The molecule has 0 aromatic heterocycles. The van der Waals surface area contributed by atoms with Crippen LogP contribution in [0.1, 0.15) is 11.9 Å². The third kappa shape index (κ3) is 2.88. The third-order valence-electron chi connectivity index (χ3n) is 3.59. The van der Waals surface area contributed by atoms with Crippen LogP contribution in [0.3, 0.4) is 0 Å². The molecule has 0 spiro atoms. The van der Waals surface area contributed by atoms with Crippen LogP contribution in [0.25, 0.3) is 0 Å². The number of hydrogen-bond acceptors (Lipinski definition) is 7. The fourth-order valence-corrected chi connectivity index (χ4v) is 3.14. The summed E-state index contributed by atoms with van der Waals surface area (Å²) in [7, 11) is 0. The molecule has 8 heteroatoms. The standard InChI is InChI=1S/C13H16O7S/c14-9-10(15)13(21(16)17)19-8-6-18-12(20-11(8)9)7-4-2-1-3-5-7/h1-5,8-15H,6H2,(H,16,17)/p-1/t8-,9-,10-,11-,12-,13+/m1/s1. The van der Waals surface area contributed by atoms with Crippen LogP contribution in [0.2, 0.25) is 0 Å². The Kier molecular flexibility index (Phi) is 4.36. The highest BCUT2D eigenvalue weighted by Gasteiger charge is 2.49. The lowest BCUT2D eigenvalue weighted by Gasteiger charge is -2.46. The van der Waals surface area contributed by atoms with Crippen molar-refractivity contribution in [1.82, 2.24) is 0 Å². The quantitative estimate of drug-likeness (QED) is 0.703. The van der Waals surface area contributed by atoms with Gasteiger partial charge in [0.15, 0.2) is 6.29 Å². The van der Waals surface area contributed by atoms with Gasteiger partial charge in [-0.05, 0) is 11.1 Å². The molecule has 1 aromatic rings. The molecule has 21 heavy (non-hydrogen) atoms. The summed E-state index contributed by atoms with van der Waals surface area (Å²) >= 11 is -2.66. The van der Waals surface area contributed by atoms with Crippen LogP contribution in [0.5, 0.6) is 0 Å². The number of aliphatic hydroxyl groups excluding tert-OH is 2. The molecular formula is C13H15O7S-. The Morgan fingerprint density at radius 3 is 2.52 bits per heavy atom. The van der Waals surface area contributed by atoms with E-state index in [-0.39, 0.29) is 6.61 Å². The van der Waals surface area contributed by atoms with E-state index in [1.54, 1.807) is 0 Å². The van der Waals surface area contributed by atoms with Crippen LogP contribution in [0, 0.1) is 0 Å². The number of aliphatic hydroxyl groups is 2. The predicted octanol–water partition coefficient (Wildman–Crippen LogP) is -0.574. The highest BCUT2D eigenvalue weighted by Crippen LogP contribution is 2.34. The van der Waals surface area contributed by atoms with E-state index in [2.05, 4.69) is 0 Å². The molecule has 0 bridgehead atoms. The molecule has 1 aromatic carbocycles. The SMILES string of the molecule is O=S([O-])[C@@H]1O[C@@H]2CO[C@@H](c3ccccc3)O[C@H]2[C@H](O)[C@H]1O. The average molecular weight is 315 g/mol. The van der Waals surface area contributed by atoms with Crippen LogP contribution in [-0.2, 0) is 25.3 Å². The Hall–Kier alpha value is -0.870. The van der Waals surface area contributed by atoms with Crippen molar-refractivity contribution in [3.05, 3.63) is 35.9 Å². The Morgan fingerprint density at radius 2 is 1.86 bits per heavy atom. The molecule has 7 nitrogen and oxygen atoms in total.